The molecule has 158 valence electrons. The Morgan fingerprint density at radius 2 is 1.90 bits per heavy atom. The number of hydrogen-bond acceptors (Lipinski definition) is 1. The molecule has 2 aromatic carbocycles. The van der Waals surface area contributed by atoms with Crippen molar-refractivity contribution in [2.75, 3.05) is 19.0 Å². The largest absolute Gasteiger partial charge is 0.378 e. The van der Waals surface area contributed by atoms with Crippen molar-refractivity contribution < 1.29 is 0 Å². The molecule has 0 heterocycles. The Hall–Kier alpha value is -1.81. The lowest BCUT2D eigenvalue weighted by Crippen LogP contribution is -2.20. The third kappa shape index (κ3) is 5.08. The second kappa shape index (κ2) is 10.00. The maximum absolute atomic E-state index is 2.52. The van der Waals surface area contributed by atoms with Gasteiger partial charge < -0.3 is 4.90 Å². The van der Waals surface area contributed by atoms with Gasteiger partial charge in [-0.3, -0.25) is 0 Å². The molecular formula is C28H34IN. The quantitative estimate of drug-likeness (QED) is 0.347. The van der Waals surface area contributed by atoms with Crippen LogP contribution in [0.25, 0.3) is 11.6 Å². The summed E-state index contributed by atoms with van der Waals surface area (Å²) in [5, 5.41) is 2.67. The lowest BCUT2D eigenvalue weighted by molar-refractivity contribution is 0.707. The fraction of sp³-hybridized carbons (Fsp3) is 0.357. The summed E-state index contributed by atoms with van der Waals surface area (Å²) in [5.74, 6) is 0.516. The van der Waals surface area contributed by atoms with Crippen molar-refractivity contribution in [1.82, 2.24) is 0 Å². The first-order valence-corrected chi connectivity index (χ1v) is 12.2. The van der Waals surface area contributed by atoms with Gasteiger partial charge in [-0.05, 0) is 83.0 Å². The van der Waals surface area contributed by atoms with E-state index in [1.807, 2.05) is 0 Å². The molecule has 0 aromatic heterocycles. The van der Waals surface area contributed by atoms with E-state index in [-0.39, 0.29) is 0 Å². The van der Waals surface area contributed by atoms with E-state index >= 15 is 0 Å². The predicted octanol–water partition coefficient (Wildman–Crippen LogP) is 6.08. The van der Waals surface area contributed by atoms with Crippen LogP contribution in [0.2, 0.25) is 0 Å². The zero-order valence-corrected chi connectivity index (χ0v) is 21.3. The maximum atomic E-state index is 2.52. The van der Waals surface area contributed by atoms with E-state index in [0.29, 0.717) is 9.84 Å². The van der Waals surface area contributed by atoms with Crippen LogP contribution in [0.5, 0.6) is 0 Å². The topological polar surface area (TPSA) is 3.24 Å². The molecule has 2 aromatic rings. The van der Waals surface area contributed by atoms with Gasteiger partial charge in [0.1, 0.15) is 0 Å². The molecule has 0 saturated heterocycles. The number of aryl methyl sites for hydroxylation is 2. The number of rotatable bonds is 5. The molecule has 0 spiro atoms. The van der Waals surface area contributed by atoms with Crippen molar-refractivity contribution in [3.8, 4) is 0 Å². The van der Waals surface area contributed by atoms with Gasteiger partial charge in [-0.1, -0.05) is 85.0 Å². The van der Waals surface area contributed by atoms with E-state index < -0.39 is 0 Å². The molecule has 2 atom stereocenters. The molecule has 2 heteroatoms. The molecule has 0 aliphatic heterocycles. The third-order valence-electron chi connectivity index (χ3n) is 6.00. The van der Waals surface area contributed by atoms with Crippen molar-refractivity contribution >= 4 is 39.9 Å². The van der Waals surface area contributed by atoms with Crippen molar-refractivity contribution in [2.24, 2.45) is 5.92 Å². The van der Waals surface area contributed by atoms with Gasteiger partial charge in [-0.15, -0.1) is 0 Å². The zero-order valence-electron chi connectivity index (χ0n) is 19.2. The smallest absolute Gasteiger partial charge is 0.0364 e. The number of hydrogen-bond donors (Lipinski definition) is 0. The highest BCUT2D eigenvalue weighted by atomic mass is 127. The Bertz CT molecular complexity index is 1090. The van der Waals surface area contributed by atoms with E-state index in [1.165, 1.54) is 44.0 Å². The number of halogens is 1. The Balaban J connectivity index is 2.30. The van der Waals surface area contributed by atoms with Crippen LogP contribution in [0.3, 0.4) is 0 Å². The molecule has 30 heavy (non-hydrogen) atoms. The average Bonchev–Trinajstić information content (AvgIpc) is 2.71. The standard InChI is InChI=1S/C28H34IN/c1-7-23(29)18-22-12-14-26(20(3)16-22)28(25-11-9-8-10-19(25)2)27-15-13-24(30(5)6)17-21(27)4/h8-9,11-19,23H,7,10H2,1-6H3/b22-18+,28-26-/t19?,23-/m1/s1. The molecule has 0 radical (unpaired) electrons. The Kier molecular flexibility index (Phi) is 7.62. The lowest BCUT2D eigenvalue weighted by Gasteiger charge is -2.24. The normalized spacial score (nSPS) is 18.8. The summed E-state index contributed by atoms with van der Waals surface area (Å²) in [6, 6.07) is 13.8. The number of alkyl halides is 1. The Morgan fingerprint density at radius 3 is 2.50 bits per heavy atom. The van der Waals surface area contributed by atoms with Gasteiger partial charge in [0.15, 0.2) is 0 Å². The van der Waals surface area contributed by atoms with Crippen molar-refractivity contribution in [1.29, 1.82) is 0 Å². The van der Waals surface area contributed by atoms with Gasteiger partial charge in [-0.25, -0.2) is 0 Å². The van der Waals surface area contributed by atoms with E-state index in [1.54, 1.807) is 0 Å². The molecule has 0 fully saturated rings. The van der Waals surface area contributed by atoms with E-state index in [0.717, 1.165) is 12.8 Å². The second-order valence-electron chi connectivity index (χ2n) is 8.62. The minimum Gasteiger partial charge on any atom is -0.378 e. The van der Waals surface area contributed by atoms with E-state index in [4.69, 9.17) is 0 Å². The minimum atomic E-state index is 0.516. The monoisotopic (exact) mass is 511 g/mol. The van der Waals surface area contributed by atoms with Crippen molar-refractivity contribution in [3.05, 3.63) is 87.3 Å². The summed E-state index contributed by atoms with van der Waals surface area (Å²) in [6.07, 6.45) is 11.5. The van der Waals surface area contributed by atoms with Crippen LogP contribution in [-0.4, -0.2) is 18.0 Å². The summed E-state index contributed by atoms with van der Waals surface area (Å²) < 4.78 is 0.573. The van der Waals surface area contributed by atoms with Crippen LogP contribution < -0.4 is 15.3 Å². The molecule has 1 aliphatic carbocycles. The Morgan fingerprint density at radius 1 is 1.13 bits per heavy atom. The van der Waals surface area contributed by atoms with Crippen LogP contribution in [-0.2, 0) is 0 Å². The number of anilines is 1. The minimum absolute atomic E-state index is 0.516. The molecule has 1 unspecified atom stereocenters. The Labute approximate surface area is 196 Å². The fourth-order valence-corrected chi connectivity index (χ4v) is 4.55. The number of allylic oxidation sites excluding steroid dienone is 4. The first kappa shape index (κ1) is 22.9. The molecule has 0 N–H and O–H groups in total. The molecule has 0 amide bonds. The maximum Gasteiger partial charge on any atom is 0.0364 e. The molecular weight excluding hydrogens is 477 g/mol. The molecule has 0 bridgehead atoms. The van der Waals surface area contributed by atoms with Crippen molar-refractivity contribution in [3.63, 3.8) is 0 Å². The molecule has 1 aliphatic rings. The van der Waals surface area contributed by atoms with Crippen LogP contribution in [0, 0.1) is 19.8 Å². The SMILES string of the molecule is CC[C@@H](I)/C=c1\cc/c(=C(\C2=CC=CCC2C)c2ccc(N(C)C)cc2C)c(C)c1. The van der Waals surface area contributed by atoms with Gasteiger partial charge in [0.25, 0.3) is 0 Å². The van der Waals surface area contributed by atoms with Gasteiger partial charge in [-0.2, -0.15) is 0 Å². The first-order chi connectivity index (χ1) is 14.3. The summed E-state index contributed by atoms with van der Waals surface area (Å²) in [7, 11) is 4.21. The van der Waals surface area contributed by atoms with Crippen LogP contribution >= 0.6 is 22.6 Å². The predicted molar refractivity (Wildman–Crippen MR) is 142 cm³/mol. The molecule has 0 saturated carbocycles. The number of benzene rings is 2. The fourth-order valence-electron chi connectivity index (χ4n) is 4.14. The highest BCUT2D eigenvalue weighted by Crippen LogP contribution is 2.34. The van der Waals surface area contributed by atoms with Gasteiger partial charge in [0.2, 0.25) is 0 Å². The van der Waals surface area contributed by atoms with Crippen LogP contribution in [0.15, 0.2) is 60.2 Å². The summed E-state index contributed by atoms with van der Waals surface area (Å²) in [4.78, 5) is 2.17. The van der Waals surface area contributed by atoms with Gasteiger partial charge >= 0.3 is 0 Å². The second-order valence-corrected chi connectivity index (χ2v) is 10.2. The lowest BCUT2D eigenvalue weighted by atomic mass is 9.81. The van der Waals surface area contributed by atoms with E-state index in [9.17, 15) is 0 Å². The van der Waals surface area contributed by atoms with Crippen molar-refractivity contribution in [2.45, 2.75) is 44.5 Å². The van der Waals surface area contributed by atoms with E-state index in [2.05, 4.69) is 130 Å². The third-order valence-corrected chi connectivity index (χ3v) is 7.24. The summed E-state index contributed by atoms with van der Waals surface area (Å²) >= 11 is 2.52. The summed E-state index contributed by atoms with van der Waals surface area (Å²) in [6.45, 7) is 9.09. The van der Waals surface area contributed by atoms with Gasteiger partial charge in [0, 0.05) is 23.7 Å². The van der Waals surface area contributed by atoms with Crippen LogP contribution in [0.1, 0.15) is 43.4 Å². The highest BCUT2D eigenvalue weighted by Gasteiger charge is 2.19. The average molecular weight is 511 g/mol. The van der Waals surface area contributed by atoms with Gasteiger partial charge in [0.05, 0.1) is 0 Å². The van der Waals surface area contributed by atoms with Crippen LogP contribution in [0.4, 0.5) is 5.69 Å². The zero-order chi connectivity index (χ0) is 21.8. The molecule has 3 rings (SSSR count). The highest BCUT2D eigenvalue weighted by molar-refractivity contribution is 14.1. The number of nitrogens with zero attached hydrogens (tertiary/aromatic N) is 1. The first-order valence-electron chi connectivity index (χ1n) is 10.9. The summed E-state index contributed by atoms with van der Waals surface area (Å²) in [5.41, 5.74) is 8.09. The molecule has 1 nitrogen and oxygen atoms in total.